The number of benzene rings is 18. The van der Waals surface area contributed by atoms with Crippen LogP contribution in [0.5, 0.6) is 0 Å². The first-order valence-corrected chi connectivity index (χ1v) is 41.3. The fourth-order valence-electron chi connectivity index (χ4n) is 19.2. The summed E-state index contributed by atoms with van der Waals surface area (Å²) in [5.74, 6) is 3.07. The van der Waals surface area contributed by atoms with E-state index in [1.54, 1.807) is 0 Å². The predicted octanol–water partition coefficient (Wildman–Crippen LogP) is 27.2. The molecule has 8 heterocycles. The van der Waals surface area contributed by atoms with Crippen LogP contribution < -0.4 is 0 Å². The quantitative estimate of drug-likeness (QED) is 0.128. The highest BCUT2D eigenvalue weighted by Gasteiger charge is 2.25. The number of imidazole rings is 4. The summed E-state index contributed by atoms with van der Waals surface area (Å²) in [5, 5.41) is 11.4. The Bertz CT molecular complexity index is 8890. The van der Waals surface area contributed by atoms with Crippen molar-refractivity contribution in [1.82, 2.24) is 57.0 Å². The maximum Gasteiger partial charge on any atom is 0.220 e. The van der Waals surface area contributed by atoms with Gasteiger partial charge in [-0.1, -0.05) is 212 Å². The van der Waals surface area contributed by atoms with E-state index in [1.807, 2.05) is 6.07 Å². The van der Waals surface area contributed by atoms with Crippen molar-refractivity contribution in [1.29, 1.82) is 0 Å². The summed E-state index contributed by atoms with van der Waals surface area (Å²) in [4.78, 5) is 31.9. The molecule has 0 aliphatic heterocycles. The Morgan fingerprint density at radius 2 is 0.484 bits per heavy atom. The van der Waals surface area contributed by atoms with Gasteiger partial charge >= 0.3 is 0 Å². The molecule has 0 bridgehead atoms. The molecule has 0 aliphatic carbocycles. The van der Waals surface area contributed by atoms with Gasteiger partial charge in [0.25, 0.3) is 0 Å². The molecule has 0 amide bonds. The van der Waals surface area contributed by atoms with Gasteiger partial charge in [-0.05, 0) is 243 Å². The number of aromatic nitrogens is 12. The van der Waals surface area contributed by atoms with Gasteiger partial charge in [0.15, 0.2) is 11.6 Å². The lowest BCUT2D eigenvalue weighted by Crippen LogP contribution is -1.97. The third kappa shape index (κ3) is 10.5. The molecule has 122 heavy (non-hydrogen) atoms. The first-order valence-electron chi connectivity index (χ1n) is 41.3. The summed E-state index contributed by atoms with van der Waals surface area (Å²) < 4.78 is 14.0. The van der Waals surface area contributed by atoms with Crippen LogP contribution in [-0.2, 0) is 0 Å². The average molecular weight is 1560 g/mol. The van der Waals surface area contributed by atoms with E-state index in [9.17, 15) is 0 Å². The SMILES string of the molecule is c1ccc(-n2c3ccc(-c4ccc5c(c4)c4cc(-c6ccc7c(c6)nc6n(-c8ccccc8)c8ccc(-c9ccc%10c(c9)c9ccccc9n%10-c9ccc(-c%10nc(-c%11ccc%12ccccc%12c%11)c%11ccccc%11n%10)cc9)cc8n76)ccc4n5-c4ccc(-c5nc(-c6ccc7ccccc7c6)c6ccccc6n5)cc4)cc3n3c4ccccc4nc23)cc1. The van der Waals surface area contributed by atoms with E-state index in [0.717, 1.165) is 200 Å². The Balaban J connectivity index is 0.587. The van der Waals surface area contributed by atoms with E-state index >= 15 is 0 Å². The van der Waals surface area contributed by atoms with Crippen LogP contribution in [0.4, 0.5) is 0 Å². The van der Waals surface area contributed by atoms with Crippen LogP contribution in [0.2, 0.25) is 0 Å². The second-order valence-electron chi connectivity index (χ2n) is 31.9. The maximum absolute atomic E-state index is 5.63. The summed E-state index contributed by atoms with van der Waals surface area (Å²) in [6, 6.07) is 144. The van der Waals surface area contributed by atoms with E-state index in [4.69, 9.17) is 29.9 Å². The smallest absolute Gasteiger partial charge is 0.220 e. The van der Waals surface area contributed by atoms with Gasteiger partial charge in [-0.25, -0.2) is 29.9 Å². The number of hydrogen-bond acceptors (Lipinski definition) is 6. The third-order valence-electron chi connectivity index (χ3n) is 25.0. The van der Waals surface area contributed by atoms with Crippen LogP contribution in [-0.4, -0.2) is 57.0 Å². The molecular formula is C110H66N12. The monoisotopic (exact) mass is 1550 g/mol. The van der Waals surface area contributed by atoms with Gasteiger partial charge in [0, 0.05) is 77.3 Å². The van der Waals surface area contributed by atoms with E-state index in [1.165, 1.54) is 32.3 Å². The molecule has 0 saturated heterocycles. The van der Waals surface area contributed by atoms with Gasteiger partial charge in [-0.2, -0.15) is 0 Å². The van der Waals surface area contributed by atoms with Gasteiger partial charge in [0.2, 0.25) is 11.6 Å². The van der Waals surface area contributed by atoms with Crippen LogP contribution in [0.3, 0.4) is 0 Å². The number of para-hydroxylation sites is 7. The lowest BCUT2D eigenvalue weighted by Gasteiger charge is -2.12. The molecule has 12 heteroatoms. The minimum Gasteiger partial charge on any atom is -0.309 e. The number of fused-ring (bicyclic) bond motifs is 20. The molecular weight excluding hydrogens is 1490 g/mol. The Labute approximate surface area is 696 Å². The van der Waals surface area contributed by atoms with Gasteiger partial charge in [0.1, 0.15) is 0 Å². The highest BCUT2D eigenvalue weighted by atomic mass is 15.2. The first-order chi connectivity index (χ1) is 60.4. The normalized spacial score (nSPS) is 12.1. The molecule has 0 unspecified atom stereocenters. The minimum atomic E-state index is 0.671. The molecule has 12 nitrogen and oxygen atoms in total. The number of hydrogen-bond donors (Lipinski definition) is 0. The summed E-state index contributed by atoms with van der Waals surface area (Å²) in [5.41, 5.74) is 31.0. The molecule has 0 N–H and O–H groups in total. The van der Waals surface area contributed by atoms with Crippen molar-refractivity contribution < 1.29 is 0 Å². The molecule has 0 saturated carbocycles. The lowest BCUT2D eigenvalue weighted by atomic mass is 9.99. The van der Waals surface area contributed by atoms with Crippen molar-refractivity contribution in [3.05, 3.63) is 400 Å². The summed E-state index contributed by atoms with van der Waals surface area (Å²) in [6.45, 7) is 0. The van der Waals surface area contributed by atoms with Crippen molar-refractivity contribution in [2.45, 2.75) is 0 Å². The summed E-state index contributed by atoms with van der Waals surface area (Å²) in [6.07, 6.45) is 0. The average Bonchev–Trinajstić information content (AvgIpc) is 1.56. The van der Waals surface area contributed by atoms with Crippen molar-refractivity contribution >= 4 is 143 Å². The Morgan fingerprint density at radius 1 is 0.156 bits per heavy atom. The van der Waals surface area contributed by atoms with Gasteiger partial charge < -0.3 is 9.13 Å². The van der Waals surface area contributed by atoms with E-state index in [-0.39, 0.29) is 0 Å². The Hall–Kier alpha value is -16.7. The van der Waals surface area contributed by atoms with Crippen LogP contribution in [0.25, 0.3) is 244 Å². The Morgan fingerprint density at radius 3 is 0.967 bits per heavy atom. The molecule has 566 valence electrons. The standard InChI is InChI=1S/C110H66N12/c1-3-23-81(24-4-1)119-101-57-48-78(65-103(101)121-99-34-18-16-32-93(99)113-109(119)121)75-45-55-98-90(63-75)89-62-73(43-54-97(89)118(98)84-51-41-70(42-52-84)108-112-92-31-15-12-29-87(92)106(116-108)80-38-36-68-20-8-10-22-72(68)60-80)76-46-56-100-94(64-76)114-110-120(82-25-5-2-6-26-82)102-58-47-77(66-104(102)122(100)110)74-44-53-96-88(61-74)85-27-13-17-33-95(85)117(96)83-49-39-69(40-50-83)107-111-91-30-14-11-28-86(91)105(115-107)79-37-35-67-19-7-9-21-71(67)59-79/h1-66H. The summed E-state index contributed by atoms with van der Waals surface area (Å²) in [7, 11) is 0. The van der Waals surface area contributed by atoms with Crippen LogP contribution >= 0.6 is 0 Å². The highest BCUT2D eigenvalue weighted by molar-refractivity contribution is 6.14. The Kier molecular flexibility index (Phi) is 14.6. The van der Waals surface area contributed by atoms with Crippen molar-refractivity contribution in [2.75, 3.05) is 0 Å². The van der Waals surface area contributed by atoms with Gasteiger partial charge in [-0.3, -0.25) is 17.9 Å². The van der Waals surface area contributed by atoms with Gasteiger partial charge in [-0.15, -0.1) is 0 Å². The lowest BCUT2D eigenvalue weighted by molar-refractivity contribution is 1.11. The second-order valence-corrected chi connectivity index (χ2v) is 31.9. The van der Waals surface area contributed by atoms with Crippen molar-refractivity contribution in [2.24, 2.45) is 0 Å². The zero-order valence-corrected chi connectivity index (χ0v) is 65.5. The van der Waals surface area contributed by atoms with Crippen molar-refractivity contribution in [3.8, 4) is 101 Å². The van der Waals surface area contributed by atoms with Crippen molar-refractivity contribution in [3.63, 3.8) is 0 Å². The topological polar surface area (TPSA) is 106 Å². The molecule has 26 rings (SSSR count). The predicted molar refractivity (Wildman–Crippen MR) is 501 cm³/mol. The van der Waals surface area contributed by atoms with Crippen LogP contribution in [0, 0.1) is 0 Å². The van der Waals surface area contributed by atoms with E-state index in [0.29, 0.717) is 11.6 Å². The summed E-state index contributed by atoms with van der Waals surface area (Å²) >= 11 is 0. The zero-order valence-electron chi connectivity index (χ0n) is 65.5. The van der Waals surface area contributed by atoms with E-state index < -0.39 is 0 Å². The number of nitrogens with zero attached hydrogens (tertiary/aromatic N) is 12. The molecule has 0 spiro atoms. The minimum absolute atomic E-state index is 0.671. The van der Waals surface area contributed by atoms with Gasteiger partial charge in [0.05, 0.1) is 88.6 Å². The molecule has 0 aliphatic rings. The van der Waals surface area contributed by atoms with Crippen LogP contribution in [0.15, 0.2) is 400 Å². The number of rotatable bonds is 11. The molecule has 0 atom stereocenters. The molecule has 0 radical (unpaired) electrons. The molecule has 0 fully saturated rings. The molecule has 18 aromatic carbocycles. The fourth-order valence-corrected chi connectivity index (χ4v) is 19.2. The zero-order chi connectivity index (χ0) is 79.8. The second kappa shape index (κ2) is 26.4. The molecule has 26 aromatic rings. The molecule has 8 aromatic heterocycles. The highest BCUT2D eigenvalue weighted by Crippen LogP contribution is 2.44. The first kappa shape index (κ1) is 67.5. The van der Waals surface area contributed by atoms with E-state index in [2.05, 4.69) is 421 Å². The largest absolute Gasteiger partial charge is 0.309 e. The van der Waals surface area contributed by atoms with Crippen LogP contribution in [0.1, 0.15) is 0 Å². The maximum atomic E-state index is 5.63. The third-order valence-corrected chi connectivity index (χ3v) is 25.0. The fraction of sp³-hybridized carbons (Fsp3) is 0.